The van der Waals surface area contributed by atoms with Gasteiger partial charge >= 0.3 is 13.3 Å². The lowest BCUT2D eigenvalue weighted by Crippen LogP contribution is -2.41. The molecular weight excluding hydrogens is 317 g/mol. The Kier molecular flexibility index (Phi) is 4.65. The zero-order valence-corrected chi connectivity index (χ0v) is 13.3. The first-order valence-electron chi connectivity index (χ1n) is 7.11. The Hall–Kier alpha value is -1.35. The Balaban J connectivity index is 2.19. The highest BCUT2D eigenvalue weighted by Crippen LogP contribution is 2.40. The third kappa shape index (κ3) is 3.95. The van der Waals surface area contributed by atoms with Crippen LogP contribution in [-0.2, 0) is 15.7 Å². The molecule has 23 heavy (non-hydrogen) atoms. The minimum absolute atomic E-state index is 0.0882. The van der Waals surface area contributed by atoms with Gasteiger partial charge in [0, 0.05) is 12.5 Å². The van der Waals surface area contributed by atoms with E-state index in [1.165, 1.54) is 6.07 Å². The minimum atomic E-state index is -4.63. The molecule has 128 valence electrons. The minimum Gasteiger partial charge on any atom is -0.398 e. The van der Waals surface area contributed by atoms with E-state index in [0.717, 1.165) is 6.26 Å². The number of hydrogen-bond donors (Lipinski definition) is 0. The second-order valence-corrected chi connectivity index (χ2v) is 6.48. The highest BCUT2D eigenvalue weighted by atomic mass is 19.4. The molecule has 0 spiro atoms. The maximum absolute atomic E-state index is 14.3. The summed E-state index contributed by atoms with van der Waals surface area (Å²) in [5.74, 6) is -2.05. The molecule has 2 heterocycles. The van der Waals surface area contributed by atoms with Crippen molar-refractivity contribution in [1.82, 2.24) is 5.16 Å². The number of nitrogens with zero attached hydrogens (tertiary/aromatic N) is 1. The summed E-state index contributed by atoms with van der Waals surface area (Å²) in [6, 6.07) is 1.30. The summed E-state index contributed by atoms with van der Waals surface area (Å²) in [6.45, 7) is 6.77. The van der Waals surface area contributed by atoms with Crippen molar-refractivity contribution in [2.45, 2.75) is 51.5 Å². The van der Waals surface area contributed by atoms with Gasteiger partial charge in [0.1, 0.15) is 12.0 Å². The maximum Gasteiger partial charge on any atom is 0.524 e. The maximum atomic E-state index is 14.3. The highest BCUT2D eigenvalue weighted by molar-refractivity contribution is 6.53. The van der Waals surface area contributed by atoms with Crippen molar-refractivity contribution in [3.05, 3.63) is 29.8 Å². The topological polar surface area (TPSA) is 44.5 Å². The molecule has 4 nitrogen and oxygen atoms in total. The molecule has 0 aliphatic carbocycles. The molecule has 0 aromatic carbocycles. The van der Waals surface area contributed by atoms with E-state index in [1.807, 2.05) is 0 Å². The lowest BCUT2D eigenvalue weighted by Gasteiger charge is -2.32. The lowest BCUT2D eigenvalue weighted by molar-refractivity contribution is -0.161. The van der Waals surface area contributed by atoms with Crippen LogP contribution in [0, 0.1) is 5.92 Å². The highest BCUT2D eigenvalue weighted by Gasteiger charge is 2.53. The van der Waals surface area contributed by atoms with Crippen LogP contribution in [0.25, 0.3) is 0 Å². The van der Waals surface area contributed by atoms with E-state index in [4.69, 9.17) is 9.31 Å². The van der Waals surface area contributed by atoms with E-state index in [-0.39, 0.29) is 5.69 Å². The van der Waals surface area contributed by atoms with Crippen LogP contribution in [0.2, 0.25) is 0 Å². The van der Waals surface area contributed by atoms with Crippen LogP contribution in [0.4, 0.5) is 17.6 Å². The van der Waals surface area contributed by atoms with Crippen LogP contribution in [0.5, 0.6) is 0 Å². The molecule has 1 saturated heterocycles. The van der Waals surface area contributed by atoms with Crippen molar-refractivity contribution in [2.75, 3.05) is 0 Å². The van der Waals surface area contributed by atoms with Gasteiger partial charge in [-0.2, -0.15) is 13.2 Å². The van der Waals surface area contributed by atoms with Crippen molar-refractivity contribution < 1.29 is 31.4 Å². The Bertz CT molecular complexity index is 553. The Morgan fingerprint density at radius 1 is 1.26 bits per heavy atom. The quantitative estimate of drug-likeness (QED) is 0.619. The molecule has 0 radical (unpaired) electrons. The SMILES string of the molecule is CC1(C)OB(C(F)=CC(Cc2ccon2)C(F)(F)F)OC1(C)C. The van der Waals surface area contributed by atoms with Crippen LogP contribution in [0.15, 0.2) is 28.7 Å². The molecule has 0 saturated carbocycles. The first kappa shape index (κ1) is 18.0. The van der Waals surface area contributed by atoms with Gasteiger partial charge in [-0.05, 0) is 33.8 Å². The molecule has 1 fully saturated rings. The van der Waals surface area contributed by atoms with Crippen LogP contribution in [0.1, 0.15) is 33.4 Å². The van der Waals surface area contributed by atoms with Gasteiger partial charge in [-0.25, -0.2) is 4.39 Å². The van der Waals surface area contributed by atoms with E-state index in [1.54, 1.807) is 27.7 Å². The largest absolute Gasteiger partial charge is 0.524 e. The standard InChI is InChI=1S/C14H18BF4NO3/c1-12(2)13(3,4)23-15(22-12)11(16)8-9(14(17,18)19)7-10-5-6-21-20-10/h5-6,8-9H,7H2,1-4H3. The second kappa shape index (κ2) is 5.94. The molecule has 1 aliphatic heterocycles. The summed E-state index contributed by atoms with van der Waals surface area (Å²) in [5, 5.41) is 3.43. The molecule has 1 atom stereocenters. The fourth-order valence-corrected chi connectivity index (χ4v) is 2.06. The molecule has 0 bridgehead atoms. The van der Waals surface area contributed by atoms with Gasteiger partial charge in [0.25, 0.3) is 0 Å². The summed E-state index contributed by atoms with van der Waals surface area (Å²) in [7, 11) is -1.46. The Morgan fingerprint density at radius 2 is 1.83 bits per heavy atom. The Morgan fingerprint density at radius 3 is 2.26 bits per heavy atom. The third-order valence-electron chi connectivity index (χ3n) is 4.18. The zero-order valence-electron chi connectivity index (χ0n) is 13.3. The van der Waals surface area contributed by atoms with Gasteiger partial charge in [-0.1, -0.05) is 5.16 Å². The third-order valence-corrected chi connectivity index (χ3v) is 4.18. The lowest BCUT2D eigenvalue weighted by atomic mass is 9.85. The molecule has 1 aliphatic rings. The number of hydrogen-bond acceptors (Lipinski definition) is 4. The van der Waals surface area contributed by atoms with Gasteiger partial charge in [-0.15, -0.1) is 0 Å². The van der Waals surface area contributed by atoms with Crippen molar-refractivity contribution in [3.63, 3.8) is 0 Å². The van der Waals surface area contributed by atoms with Crippen molar-refractivity contribution in [3.8, 4) is 0 Å². The van der Waals surface area contributed by atoms with Gasteiger partial charge in [0.05, 0.1) is 22.8 Å². The van der Waals surface area contributed by atoms with E-state index < -0.39 is 42.6 Å². The summed E-state index contributed by atoms with van der Waals surface area (Å²) >= 11 is 0. The fraction of sp³-hybridized carbons (Fsp3) is 0.643. The molecule has 0 amide bonds. The summed E-state index contributed by atoms with van der Waals surface area (Å²) in [5.41, 5.74) is -2.68. The summed E-state index contributed by atoms with van der Waals surface area (Å²) in [6.07, 6.45) is -3.50. The van der Waals surface area contributed by atoms with Gasteiger partial charge in [0.2, 0.25) is 0 Å². The molecule has 2 rings (SSSR count). The predicted molar refractivity (Wildman–Crippen MR) is 75.0 cm³/mol. The average Bonchev–Trinajstić information content (AvgIpc) is 2.94. The first-order chi connectivity index (χ1) is 10.4. The van der Waals surface area contributed by atoms with Gasteiger partial charge < -0.3 is 13.8 Å². The van der Waals surface area contributed by atoms with Gasteiger partial charge in [-0.3, -0.25) is 0 Å². The molecule has 9 heteroatoms. The number of alkyl halides is 3. The molecule has 0 N–H and O–H groups in total. The van der Waals surface area contributed by atoms with Crippen LogP contribution >= 0.6 is 0 Å². The predicted octanol–water partition coefficient (Wildman–Crippen LogP) is 3.88. The number of allylic oxidation sites excluding steroid dienone is 1. The van der Waals surface area contributed by atoms with Gasteiger partial charge in [0.15, 0.2) is 0 Å². The summed E-state index contributed by atoms with van der Waals surface area (Å²) < 4.78 is 68.9. The number of rotatable bonds is 4. The smallest absolute Gasteiger partial charge is 0.398 e. The van der Waals surface area contributed by atoms with Crippen LogP contribution in [0.3, 0.4) is 0 Å². The van der Waals surface area contributed by atoms with Crippen LogP contribution in [-0.4, -0.2) is 29.7 Å². The van der Waals surface area contributed by atoms with E-state index in [9.17, 15) is 17.6 Å². The summed E-state index contributed by atoms with van der Waals surface area (Å²) in [4.78, 5) is 0. The second-order valence-electron chi connectivity index (χ2n) is 6.48. The molecule has 1 aromatic rings. The van der Waals surface area contributed by atoms with E-state index in [0.29, 0.717) is 6.08 Å². The monoisotopic (exact) mass is 335 g/mol. The number of aromatic nitrogens is 1. The van der Waals surface area contributed by atoms with E-state index in [2.05, 4.69) is 9.68 Å². The van der Waals surface area contributed by atoms with Crippen LogP contribution < -0.4 is 0 Å². The molecule has 1 aromatic heterocycles. The Labute approximate surface area is 131 Å². The number of halogens is 4. The van der Waals surface area contributed by atoms with Crippen molar-refractivity contribution >= 4 is 7.12 Å². The normalized spacial score (nSPS) is 22.4. The molecule has 1 unspecified atom stereocenters. The van der Waals surface area contributed by atoms with Crippen molar-refractivity contribution in [1.29, 1.82) is 0 Å². The van der Waals surface area contributed by atoms with Crippen molar-refractivity contribution in [2.24, 2.45) is 5.92 Å². The zero-order chi connectivity index (χ0) is 17.5. The average molecular weight is 335 g/mol. The fourth-order valence-electron chi connectivity index (χ4n) is 2.06. The molecular formula is C14H18BF4NO3. The first-order valence-corrected chi connectivity index (χ1v) is 7.11. The van der Waals surface area contributed by atoms with E-state index >= 15 is 0 Å².